The van der Waals surface area contributed by atoms with E-state index >= 15 is 0 Å². The zero-order chi connectivity index (χ0) is 14.5. The first kappa shape index (κ1) is 15.4. The summed E-state index contributed by atoms with van der Waals surface area (Å²) in [4.78, 5) is 0. The predicted octanol–water partition coefficient (Wildman–Crippen LogP) is 4.31. The van der Waals surface area contributed by atoms with Crippen molar-refractivity contribution < 1.29 is 17.9 Å². The Morgan fingerprint density at radius 1 is 1.32 bits per heavy atom. The molecule has 19 heavy (non-hydrogen) atoms. The zero-order valence-electron chi connectivity index (χ0n) is 11.3. The Bertz CT molecular complexity index is 480. The van der Waals surface area contributed by atoms with Crippen LogP contribution in [-0.2, 0) is 12.6 Å². The summed E-state index contributed by atoms with van der Waals surface area (Å²) in [5, 5.41) is 0. The van der Waals surface area contributed by atoms with E-state index in [0.29, 0.717) is 6.42 Å². The van der Waals surface area contributed by atoms with Crippen molar-refractivity contribution in [3.05, 3.63) is 29.3 Å². The third kappa shape index (κ3) is 4.51. The number of rotatable bonds is 3. The second-order valence-electron chi connectivity index (χ2n) is 4.30. The number of hydrogen-bond acceptors (Lipinski definition) is 1. The number of benzene rings is 1. The Morgan fingerprint density at radius 2 is 2.00 bits per heavy atom. The smallest absolute Gasteiger partial charge is 0.416 e. The first-order valence-corrected chi connectivity index (χ1v) is 6.11. The average molecular weight is 270 g/mol. The second kappa shape index (κ2) is 6.51. The molecule has 1 atom stereocenters. The molecule has 0 amide bonds. The molecule has 0 aromatic heterocycles. The lowest BCUT2D eigenvalue weighted by Gasteiger charge is -2.13. The standard InChI is InChI=1S/C15H17F3O/c1-4-5-6-11(2)9-12-7-8-13(15(16,17)18)10-14(12)19-3/h7-8,10-11H,4,9H2,1-3H3. The monoisotopic (exact) mass is 270 g/mol. The summed E-state index contributed by atoms with van der Waals surface area (Å²) in [5.41, 5.74) is 0.0498. The highest BCUT2D eigenvalue weighted by Gasteiger charge is 2.31. The molecule has 0 heterocycles. The van der Waals surface area contributed by atoms with Crippen molar-refractivity contribution in [3.63, 3.8) is 0 Å². The van der Waals surface area contributed by atoms with E-state index in [-0.39, 0.29) is 11.7 Å². The third-order valence-electron chi connectivity index (χ3n) is 2.67. The van der Waals surface area contributed by atoms with Gasteiger partial charge in [-0.2, -0.15) is 13.2 Å². The minimum absolute atomic E-state index is 0.0885. The Morgan fingerprint density at radius 3 is 2.53 bits per heavy atom. The van der Waals surface area contributed by atoms with Crippen molar-refractivity contribution in [2.24, 2.45) is 5.92 Å². The van der Waals surface area contributed by atoms with E-state index in [4.69, 9.17) is 4.74 Å². The molecule has 4 heteroatoms. The molecule has 1 unspecified atom stereocenters. The van der Waals surface area contributed by atoms with Crippen LogP contribution >= 0.6 is 0 Å². The lowest BCUT2D eigenvalue weighted by molar-refractivity contribution is -0.137. The lowest BCUT2D eigenvalue weighted by atomic mass is 9.99. The Balaban J connectivity index is 2.97. The van der Waals surface area contributed by atoms with Crippen LogP contribution in [0.15, 0.2) is 18.2 Å². The van der Waals surface area contributed by atoms with Crippen molar-refractivity contribution in [2.45, 2.75) is 32.9 Å². The van der Waals surface area contributed by atoms with E-state index in [9.17, 15) is 13.2 Å². The molecule has 0 saturated carbocycles. The number of hydrogen-bond donors (Lipinski definition) is 0. The molecule has 0 spiro atoms. The number of ether oxygens (including phenoxy) is 1. The molecular weight excluding hydrogens is 253 g/mol. The van der Waals surface area contributed by atoms with Crippen molar-refractivity contribution in [2.75, 3.05) is 7.11 Å². The Hall–Kier alpha value is -1.63. The van der Waals surface area contributed by atoms with Crippen LogP contribution in [0.25, 0.3) is 0 Å². The molecule has 1 rings (SSSR count). The van der Waals surface area contributed by atoms with Gasteiger partial charge in [-0.05, 0) is 24.1 Å². The van der Waals surface area contributed by atoms with E-state index in [0.717, 1.165) is 24.1 Å². The molecule has 1 nitrogen and oxygen atoms in total. The molecule has 104 valence electrons. The van der Waals surface area contributed by atoms with Gasteiger partial charge in [0.05, 0.1) is 12.7 Å². The number of methoxy groups -OCH3 is 1. The van der Waals surface area contributed by atoms with E-state index < -0.39 is 11.7 Å². The maximum absolute atomic E-state index is 12.6. The topological polar surface area (TPSA) is 9.23 Å². The molecule has 0 aliphatic carbocycles. The second-order valence-corrected chi connectivity index (χ2v) is 4.30. The van der Waals surface area contributed by atoms with Gasteiger partial charge < -0.3 is 4.74 Å². The summed E-state index contributed by atoms with van der Waals surface area (Å²) in [7, 11) is 1.38. The van der Waals surface area contributed by atoms with Gasteiger partial charge in [-0.15, -0.1) is 5.92 Å². The van der Waals surface area contributed by atoms with Gasteiger partial charge in [0.2, 0.25) is 0 Å². The SMILES string of the molecule is CCC#CC(C)Cc1ccc(C(F)(F)F)cc1OC. The van der Waals surface area contributed by atoms with Gasteiger partial charge in [0, 0.05) is 12.3 Å². The molecular formula is C15H17F3O. The van der Waals surface area contributed by atoms with Gasteiger partial charge in [-0.25, -0.2) is 0 Å². The highest BCUT2D eigenvalue weighted by Crippen LogP contribution is 2.33. The van der Waals surface area contributed by atoms with E-state index in [2.05, 4.69) is 11.8 Å². The van der Waals surface area contributed by atoms with Gasteiger partial charge in [0.1, 0.15) is 5.75 Å². The van der Waals surface area contributed by atoms with E-state index in [1.807, 2.05) is 13.8 Å². The van der Waals surface area contributed by atoms with Crippen LogP contribution in [0.3, 0.4) is 0 Å². The van der Waals surface area contributed by atoms with Crippen molar-refractivity contribution in [3.8, 4) is 17.6 Å². The van der Waals surface area contributed by atoms with Crippen molar-refractivity contribution >= 4 is 0 Å². The van der Waals surface area contributed by atoms with E-state index in [1.165, 1.54) is 13.2 Å². The summed E-state index contributed by atoms with van der Waals surface area (Å²) in [6.45, 7) is 3.90. The Labute approximate surface area is 111 Å². The van der Waals surface area contributed by atoms with Crippen LogP contribution < -0.4 is 4.74 Å². The summed E-state index contributed by atoms with van der Waals surface area (Å²) in [5.74, 6) is 6.37. The summed E-state index contributed by atoms with van der Waals surface area (Å²) >= 11 is 0. The predicted molar refractivity (Wildman–Crippen MR) is 68.9 cm³/mol. The van der Waals surface area contributed by atoms with Gasteiger partial charge in [-0.1, -0.05) is 25.8 Å². The maximum Gasteiger partial charge on any atom is 0.416 e. The fourth-order valence-corrected chi connectivity index (χ4v) is 1.75. The molecule has 0 N–H and O–H groups in total. The number of alkyl halides is 3. The molecule has 1 aromatic rings. The molecule has 0 radical (unpaired) electrons. The fourth-order valence-electron chi connectivity index (χ4n) is 1.75. The van der Waals surface area contributed by atoms with Crippen LogP contribution in [0.2, 0.25) is 0 Å². The molecule has 0 bridgehead atoms. The zero-order valence-corrected chi connectivity index (χ0v) is 11.3. The fraction of sp³-hybridized carbons (Fsp3) is 0.467. The molecule has 0 fully saturated rings. The van der Waals surface area contributed by atoms with Crippen LogP contribution in [0.4, 0.5) is 13.2 Å². The van der Waals surface area contributed by atoms with Gasteiger partial charge in [-0.3, -0.25) is 0 Å². The molecule has 0 aliphatic rings. The van der Waals surface area contributed by atoms with Crippen LogP contribution in [-0.4, -0.2) is 7.11 Å². The van der Waals surface area contributed by atoms with Gasteiger partial charge >= 0.3 is 6.18 Å². The highest BCUT2D eigenvalue weighted by molar-refractivity contribution is 5.39. The van der Waals surface area contributed by atoms with Crippen molar-refractivity contribution in [1.29, 1.82) is 0 Å². The average Bonchev–Trinajstić information content (AvgIpc) is 2.35. The first-order chi connectivity index (χ1) is 8.88. The van der Waals surface area contributed by atoms with Crippen LogP contribution in [0.5, 0.6) is 5.75 Å². The highest BCUT2D eigenvalue weighted by atomic mass is 19.4. The maximum atomic E-state index is 12.6. The Kier molecular flexibility index (Phi) is 5.29. The normalized spacial score (nSPS) is 12.5. The summed E-state index contributed by atoms with van der Waals surface area (Å²) in [6, 6.07) is 3.58. The van der Waals surface area contributed by atoms with E-state index in [1.54, 1.807) is 0 Å². The van der Waals surface area contributed by atoms with Gasteiger partial charge in [0.25, 0.3) is 0 Å². The quantitative estimate of drug-likeness (QED) is 0.744. The minimum atomic E-state index is -4.35. The number of halogens is 3. The molecule has 0 aliphatic heterocycles. The summed E-state index contributed by atoms with van der Waals surface area (Å²) in [6.07, 6.45) is -3.00. The molecule has 1 aromatic carbocycles. The van der Waals surface area contributed by atoms with Gasteiger partial charge in [0.15, 0.2) is 0 Å². The van der Waals surface area contributed by atoms with Crippen LogP contribution in [0, 0.1) is 17.8 Å². The third-order valence-corrected chi connectivity index (χ3v) is 2.67. The lowest BCUT2D eigenvalue weighted by Crippen LogP contribution is -2.07. The van der Waals surface area contributed by atoms with Crippen molar-refractivity contribution in [1.82, 2.24) is 0 Å². The molecule has 0 saturated heterocycles. The summed E-state index contributed by atoms with van der Waals surface area (Å²) < 4.78 is 42.8. The van der Waals surface area contributed by atoms with Crippen LogP contribution in [0.1, 0.15) is 31.4 Å². The first-order valence-electron chi connectivity index (χ1n) is 6.11. The largest absolute Gasteiger partial charge is 0.496 e. The minimum Gasteiger partial charge on any atom is -0.496 e.